The van der Waals surface area contributed by atoms with Gasteiger partial charge in [0.15, 0.2) is 5.78 Å². The predicted octanol–water partition coefficient (Wildman–Crippen LogP) is 3.22. The SMILES string of the molecule is Nc1ccc2ccc(N)c3c2c1C(=O)c1ccccc1-3. The van der Waals surface area contributed by atoms with Crippen LogP contribution in [0.15, 0.2) is 48.5 Å². The van der Waals surface area contributed by atoms with E-state index in [1.54, 1.807) is 6.07 Å². The lowest BCUT2D eigenvalue weighted by Crippen LogP contribution is -2.13. The molecule has 20 heavy (non-hydrogen) atoms. The van der Waals surface area contributed by atoms with Gasteiger partial charge in [-0.25, -0.2) is 0 Å². The zero-order chi connectivity index (χ0) is 13.9. The summed E-state index contributed by atoms with van der Waals surface area (Å²) in [6, 6.07) is 15.1. The van der Waals surface area contributed by atoms with Crippen LogP contribution in [0.5, 0.6) is 0 Å². The van der Waals surface area contributed by atoms with Crippen molar-refractivity contribution in [2.24, 2.45) is 0 Å². The first-order valence-electron chi connectivity index (χ1n) is 6.43. The van der Waals surface area contributed by atoms with E-state index in [1.165, 1.54) is 0 Å². The minimum Gasteiger partial charge on any atom is -0.398 e. The summed E-state index contributed by atoms with van der Waals surface area (Å²) in [4.78, 5) is 12.7. The summed E-state index contributed by atoms with van der Waals surface area (Å²) in [5, 5.41) is 1.86. The minimum atomic E-state index is -0.0261. The number of nitrogens with two attached hydrogens (primary N) is 2. The number of carbonyl (C=O) groups excluding carboxylic acids is 1. The van der Waals surface area contributed by atoms with E-state index in [0.717, 1.165) is 21.9 Å². The summed E-state index contributed by atoms with van der Waals surface area (Å²) in [6.45, 7) is 0. The average molecular weight is 260 g/mol. The number of rotatable bonds is 0. The topological polar surface area (TPSA) is 69.1 Å². The van der Waals surface area contributed by atoms with Crippen LogP contribution in [0.1, 0.15) is 15.9 Å². The zero-order valence-electron chi connectivity index (χ0n) is 10.7. The molecule has 0 bridgehead atoms. The molecule has 0 amide bonds. The molecule has 4 N–H and O–H groups in total. The number of carbonyl (C=O) groups is 1. The molecule has 0 unspecified atom stereocenters. The van der Waals surface area contributed by atoms with E-state index in [4.69, 9.17) is 11.5 Å². The largest absolute Gasteiger partial charge is 0.398 e. The molecule has 0 heterocycles. The molecule has 0 saturated carbocycles. The van der Waals surface area contributed by atoms with Crippen LogP contribution in [-0.4, -0.2) is 5.78 Å². The van der Waals surface area contributed by atoms with E-state index in [0.29, 0.717) is 22.5 Å². The minimum absolute atomic E-state index is 0.0261. The molecule has 1 aliphatic rings. The third-order valence-corrected chi connectivity index (χ3v) is 3.92. The summed E-state index contributed by atoms with van der Waals surface area (Å²) >= 11 is 0. The van der Waals surface area contributed by atoms with Gasteiger partial charge in [-0.2, -0.15) is 0 Å². The van der Waals surface area contributed by atoms with E-state index in [9.17, 15) is 4.79 Å². The van der Waals surface area contributed by atoms with Gasteiger partial charge < -0.3 is 11.5 Å². The van der Waals surface area contributed by atoms with Crippen LogP contribution in [0.25, 0.3) is 21.9 Å². The third-order valence-electron chi connectivity index (χ3n) is 3.92. The van der Waals surface area contributed by atoms with Gasteiger partial charge in [0, 0.05) is 27.9 Å². The molecule has 0 fully saturated rings. The van der Waals surface area contributed by atoms with Crippen LogP contribution >= 0.6 is 0 Å². The Kier molecular flexibility index (Phi) is 1.99. The van der Waals surface area contributed by atoms with Crippen molar-refractivity contribution in [2.75, 3.05) is 11.5 Å². The van der Waals surface area contributed by atoms with Gasteiger partial charge in [0.05, 0.1) is 5.56 Å². The molecular weight excluding hydrogens is 248 g/mol. The van der Waals surface area contributed by atoms with Gasteiger partial charge >= 0.3 is 0 Å². The van der Waals surface area contributed by atoms with E-state index >= 15 is 0 Å². The molecule has 0 saturated heterocycles. The lowest BCUT2D eigenvalue weighted by molar-refractivity contribution is 0.104. The van der Waals surface area contributed by atoms with Gasteiger partial charge in [-0.3, -0.25) is 4.79 Å². The van der Waals surface area contributed by atoms with Crippen molar-refractivity contribution >= 4 is 27.9 Å². The molecule has 3 nitrogen and oxygen atoms in total. The highest BCUT2D eigenvalue weighted by atomic mass is 16.1. The van der Waals surface area contributed by atoms with Gasteiger partial charge in [-0.05, 0) is 23.1 Å². The molecule has 3 heteroatoms. The highest BCUT2D eigenvalue weighted by Crippen LogP contribution is 2.44. The van der Waals surface area contributed by atoms with Gasteiger partial charge in [-0.15, -0.1) is 0 Å². The molecule has 0 atom stereocenters. The van der Waals surface area contributed by atoms with Gasteiger partial charge in [0.25, 0.3) is 0 Å². The van der Waals surface area contributed by atoms with Gasteiger partial charge in [0.2, 0.25) is 0 Å². The number of hydrogen-bond donors (Lipinski definition) is 2. The first kappa shape index (κ1) is 11.1. The van der Waals surface area contributed by atoms with Crippen molar-refractivity contribution in [3.8, 4) is 11.1 Å². The number of fused-ring (bicyclic) bond motifs is 2. The second-order valence-electron chi connectivity index (χ2n) is 5.03. The first-order chi connectivity index (χ1) is 9.68. The highest BCUT2D eigenvalue weighted by Gasteiger charge is 2.27. The Morgan fingerprint density at radius 3 is 2.00 bits per heavy atom. The Morgan fingerprint density at radius 2 is 1.30 bits per heavy atom. The van der Waals surface area contributed by atoms with Crippen molar-refractivity contribution in [2.45, 2.75) is 0 Å². The Hall–Kier alpha value is -2.81. The van der Waals surface area contributed by atoms with Crippen molar-refractivity contribution in [3.05, 3.63) is 59.7 Å². The number of benzene rings is 3. The fraction of sp³-hybridized carbons (Fsp3) is 0. The van der Waals surface area contributed by atoms with E-state index < -0.39 is 0 Å². The standard InChI is InChI=1S/C17H12N2O/c18-12-7-5-9-6-8-13(19)16-14(9)15(12)10-3-1-2-4-11(10)17(16)20/h1-8H,18-19H2. The monoisotopic (exact) mass is 260 g/mol. The van der Waals surface area contributed by atoms with Crippen LogP contribution < -0.4 is 11.5 Å². The van der Waals surface area contributed by atoms with Crippen LogP contribution in [0.4, 0.5) is 11.4 Å². The molecule has 3 aromatic carbocycles. The molecule has 96 valence electrons. The first-order valence-corrected chi connectivity index (χ1v) is 6.43. The van der Waals surface area contributed by atoms with E-state index in [-0.39, 0.29) is 5.78 Å². The highest BCUT2D eigenvalue weighted by molar-refractivity contribution is 6.29. The number of nitrogen functional groups attached to an aromatic ring is 2. The van der Waals surface area contributed by atoms with Gasteiger partial charge in [-0.1, -0.05) is 36.4 Å². The normalized spacial score (nSPS) is 12.5. The Bertz CT molecular complexity index is 892. The van der Waals surface area contributed by atoms with E-state index in [1.807, 2.05) is 42.5 Å². The van der Waals surface area contributed by atoms with E-state index in [2.05, 4.69) is 0 Å². The molecule has 0 aromatic heterocycles. The molecule has 1 aliphatic carbocycles. The molecule has 0 aliphatic heterocycles. The summed E-state index contributed by atoms with van der Waals surface area (Å²) in [5.74, 6) is -0.0261. The fourth-order valence-corrected chi connectivity index (χ4v) is 3.02. The number of ketones is 1. The Morgan fingerprint density at radius 1 is 0.700 bits per heavy atom. The maximum atomic E-state index is 12.7. The fourth-order valence-electron chi connectivity index (χ4n) is 3.02. The summed E-state index contributed by atoms with van der Waals surface area (Å²) in [7, 11) is 0. The van der Waals surface area contributed by atoms with Crippen LogP contribution in [-0.2, 0) is 0 Å². The number of anilines is 2. The third kappa shape index (κ3) is 1.21. The summed E-state index contributed by atoms with van der Waals surface area (Å²) in [6.07, 6.45) is 0. The maximum absolute atomic E-state index is 12.7. The molecule has 3 aromatic rings. The van der Waals surface area contributed by atoms with Crippen molar-refractivity contribution in [1.82, 2.24) is 0 Å². The van der Waals surface area contributed by atoms with Crippen LogP contribution in [0.2, 0.25) is 0 Å². The van der Waals surface area contributed by atoms with Crippen molar-refractivity contribution in [3.63, 3.8) is 0 Å². The Labute approximate surface area is 115 Å². The quantitative estimate of drug-likeness (QED) is 0.477. The molecular formula is C17H12N2O. The Balaban J connectivity index is 2.33. The van der Waals surface area contributed by atoms with Crippen molar-refractivity contribution in [1.29, 1.82) is 0 Å². The van der Waals surface area contributed by atoms with Crippen LogP contribution in [0, 0.1) is 0 Å². The zero-order valence-corrected chi connectivity index (χ0v) is 10.7. The van der Waals surface area contributed by atoms with Gasteiger partial charge in [0.1, 0.15) is 0 Å². The average Bonchev–Trinajstić information content (AvgIpc) is 2.46. The lowest BCUT2D eigenvalue weighted by Gasteiger charge is -2.22. The lowest BCUT2D eigenvalue weighted by atomic mass is 9.81. The van der Waals surface area contributed by atoms with Crippen molar-refractivity contribution < 1.29 is 4.79 Å². The second kappa shape index (κ2) is 3.61. The second-order valence-corrected chi connectivity index (χ2v) is 5.03. The van der Waals surface area contributed by atoms with Crippen LogP contribution in [0.3, 0.4) is 0 Å². The summed E-state index contributed by atoms with van der Waals surface area (Å²) < 4.78 is 0. The molecule has 0 spiro atoms. The number of hydrogen-bond acceptors (Lipinski definition) is 3. The molecule has 0 radical (unpaired) electrons. The maximum Gasteiger partial charge on any atom is 0.196 e. The summed E-state index contributed by atoms with van der Waals surface area (Å²) in [5.41, 5.74) is 16.4. The predicted molar refractivity (Wildman–Crippen MR) is 81.6 cm³/mol. The molecule has 4 rings (SSSR count). The smallest absolute Gasteiger partial charge is 0.196 e.